The number of hydrogen-bond donors (Lipinski definition) is 1. The molecule has 0 saturated heterocycles. The summed E-state index contributed by atoms with van der Waals surface area (Å²) in [6.45, 7) is 4.29. The summed E-state index contributed by atoms with van der Waals surface area (Å²) in [5.41, 5.74) is 9.66. The van der Waals surface area contributed by atoms with Crippen LogP contribution >= 0.6 is 31.9 Å². The fourth-order valence-electron chi connectivity index (χ4n) is 2.44. The molecular formula is C16H15Br2N3. The van der Waals surface area contributed by atoms with Gasteiger partial charge in [0.15, 0.2) is 0 Å². The second-order valence-electron chi connectivity index (χ2n) is 5.28. The molecule has 0 fully saturated rings. The minimum Gasteiger partial charge on any atom is -0.399 e. The van der Waals surface area contributed by atoms with Crippen molar-refractivity contribution in [2.75, 3.05) is 5.73 Å². The number of halogens is 2. The van der Waals surface area contributed by atoms with E-state index in [1.54, 1.807) is 0 Å². The first-order valence-electron chi connectivity index (χ1n) is 6.71. The predicted molar refractivity (Wildman–Crippen MR) is 95.0 cm³/mol. The molecule has 2 N–H and O–H groups in total. The van der Waals surface area contributed by atoms with Crippen LogP contribution in [0.25, 0.3) is 16.7 Å². The Balaban J connectivity index is 2.42. The first-order valence-corrected chi connectivity index (χ1v) is 8.30. The van der Waals surface area contributed by atoms with Crippen molar-refractivity contribution < 1.29 is 0 Å². The predicted octanol–water partition coefficient (Wildman–Crippen LogP) is 5.26. The minimum absolute atomic E-state index is 0.303. The van der Waals surface area contributed by atoms with Gasteiger partial charge in [-0.1, -0.05) is 19.9 Å². The third-order valence-corrected chi connectivity index (χ3v) is 4.66. The zero-order valence-corrected chi connectivity index (χ0v) is 14.9. The number of anilines is 1. The molecule has 1 heterocycles. The zero-order valence-electron chi connectivity index (χ0n) is 11.8. The monoisotopic (exact) mass is 407 g/mol. The molecule has 0 aliphatic rings. The van der Waals surface area contributed by atoms with E-state index in [0.29, 0.717) is 5.92 Å². The molecule has 0 spiro atoms. The molecule has 0 bridgehead atoms. The van der Waals surface area contributed by atoms with Crippen molar-refractivity contribution >= 4 is 48.6 Å². The average molecular weight is 409 g/mol. The number of nitrogen functional groups attached to an aromatic ring is 1. The maximum Gasteiger partial charge on any atom is 0.117 e. The number of nitrogens with zero attached hydrogens (tertiary/aromatic N) is 2. The van der Waals surface area contributed by atoms with E-state index in [1.165, 1.54) is 0 Å². The largest absolute Gasteiger partial charge is 0.399 e. The van der Waals surface area contributed by atoms with Gasteiger partial charge in [0.05, 0.1) is 16.7 Å². The maximum atomic E-state index is 5.89. The van der Waals surface area contributed by atoms with Gasteiger partial charge in [0.1, 0.15) is 5.82 Å². The van der Waals surface area contributed by atoms with Crippen LogP contribution in [0.5, 0.6) is 0 Å². The van der Waals surface area contributed by atoms with Crippen LogP contribution in [0, 0.1) is 0 Å². The molecule has 2 aromatic carbocycles. The van der Waals surface area contributed by atoms with Crippen molar-refractivity contribution in [2.24, 2.45) is 0 Å². The van der Waals surface area contributed by atoms with Gasteiger partial charge in [0.2, 0.25) is 0 Å². The summed E-state index contributed by atoms with van der Waals surface area (Å²) in [7, 11) is 0. The highest BCUT2D eigenvalue weighted by Gasteiger charge is 2.18. The van der Waals surface area contributed by atoms with Gasteiger partial charge >= 0.3 is 0 Å². The van der Waals surface area contributed by atoms with E-state index in [0.717, 1.165) is 37.2 Å². The number of imidazole rings is 1. The Labute approximate surface area is 140 Å². The number of para-hydroxylation sites is 1. The standard InChI is InChI=1S/C16H15Br2N3/c1-9(2)16-20-13-8-10(19)6-7-14(13)21(16)15-11(17)4-3-5-12(15)18/h3-9H,19H2,1-2H3. The molecule has 0 unspecified atom stereocenters. The van der Waals surface area contributed by atoms with E-state index in [1.807, 2.05) is 36.4 Å². The molecule has 5 heteroatoms. The van der Waals surface area contributed by atoms with Gasteiger partial charge < -0.3 is 5.73 Å². The number of fused-ring (bicyclic) bond motifs is 1. The van der Waals surface area contributed by atoms with Crippen LogP contribution < -0.4 is 5.73 Å². The fraction of sp³-hybridized carbons (Fsp3) is 0.188. The number of benzene rings is 2. The Morgan fingerprint density at radius 2 is 1.76 bits per heavy atom. The number of rotatable bonds is 2. The Morgan fingerprint density at radius 3 is 2.38 bits per heavy atom. The fourth-order valence-corrected chi connectivity index (χ4v) is 3.79. The molecular weight excluding hydrogens is 394 g/mol. The van der Waals surface area contributed by atoms with Gasteiger partial charge in [-0.2, -0.15) is 0 Å². The van der Waals surface area contributed by atoms with Crippen LogP contribution in [0.1, 0.15) is 25.6 Å². The van der Waals surface area contributed by atoms with Gasteiger partial charge in [-0.25, -0.2) is 4.98 Å². The van der Waals surface area contributed by atoms with Gasteiger partial charge in [-0.05, 0) is 62.2 Å². The molecule has 0 saturated carbocycles. The molecule has 21 heavy (non-hydrogen) atoms. The topological polar surface area (TPSA) is 43.8 Å². The smallest absolute Gasteiger partial charge is 0.117 e. The maximum absolute atomic E-state index is 5.89. The Kier molecular flexibility index (Phi) is 3.80. The first kappa shape index (κ1) is 14.6. The molecule has 0 radical (unpaired) electrons. The number of hydrogen-bond acceptors (Lipinski definition) is 2. The Hall–Kier alpha value is -1.33. The summed E-state index contributed by atoms with van der Waals surface area (Å²) >= 11 is 7.30. The third-order valence-electron chi connectivity index (χ3n) is 3.38. The molecule has 108 valence electrons. The van der Waals surface area contributed by atoms with Crippen molar-refractivity contribution in [2.45, 2.75) is 19.8 Å². The molecule has 0 aliphatic carbocycles. The lowest BCUT2D eigenvalue weighted by atomic mass is 10.2. The molecule has 1 aromatic heterocycles. The van der Waals surface area contributed by atoms with Crippen molar-refractivity contribution in [1.29, 1.82) is 0 Å². The average Bonchev–Trinajstić information content (AvgIpc) is 2.77. The highest BCUT2D eigenvalue weighted by atomic mass is 79.9. The third kappa shape index (κ3) is 2.49. The summed E-state index contributed by atoms with van der Waals surface area (Å²) in [6.07, 6.45) is 0. The van der Waals surface area contributed by atoms with E-state index in [2.05, 4.69) is 50.3 Å². The molecule has 0 atom stereocenters. The van der Waals surface area contributed by atoms with Crippen LogP contribution in [0.3, 0.4) is 0 Å². The Bertz CT molecular complexity index is 801. The minimum atomic E-state index is 0.303. The molecule has 3 nitrogen and oxygen atoms in total. The normalized spacial score (nSPS) is 11.5. The molecule has 3 rings (SSSR count). The highest BCUT2D eigenvalue weighted by Crippen LogP contribution is 2.35. The number of nitrogens with two attached hydrogens (primary N) is 1. The molecule has 0 aliphatic heterocycles. The van der Waals surface area contributed by atoms with Gasteiger partial charge in [0, 0.05) is 20.6 Å². The van der Waals surface area contributed by atoms with Crippen molar-refractivity contribution in [3.05, 3.63) is 51.2 Å². The van der Waals surface area contributed by atoms with E-state index < -0.39 is 0 Å². The van der Waals surface area contributed by atoms with E-state index in [4.69, 9.17) is 10.7 Å². The van der Waals surface area contributed by atoms with Crippen LogP contribution in [0.2, 0.25) is 0 Å². The quantitative estimate of drug-likeness (QED) is 0.588. The summed E-state index contributed by atoms with van der Waals surface area (Å²) in [5, 5.41) is 0. The first-order chi connectivity index (χ1) is 9.99. The van der Waals surface area contributed by atoms with Gasteiger partial charge in [-0.15, -0.1) is 0 Å². The van der Waals surface area contributed by atoms with Crippen molar-refractivity contribution in [1.82, 2.24) is 9.55 Å². The van der Waals surface area contributed by atoms with Crippen LogP contribution in [-0.4, -0.2) is 9.55 Å². The summed E-state index contributed by atoms with van der Waals surface area (Å²) in [4.78, 5) is 4.77. The van der Waals surface area contributed by atoms with Crippen LogP contribution in [0.4, 0.5) is 5.69 Å². The van der Waals surface area contributed by atoms with Crippen molar-refractivity contribution in [3.8, 4) is 5.69 Å². The lowest BCUT2D eigenvalue weighted by molar-refractivity contribution is 0.758. The van der Waals surface area contributed by atoms with Crippen molar-refractivity contribution in [3.63, 3.8) is 0 Å². The number of aromatic nitrogens is 2. The van der Waals surface area contributed by atoms with Crippen LogP contribution in [-0.2, 0) is 0 Å². The van der Waals surface area contributed by atoms with E-state index in [9.17, 15) is 0 Å². The SMILES string of the molecule is CC(C)c1nc2cc(N)ccc2n1-c1c(Br)cccc1Br. The van der Waals surface area contributed by atoms with E-state index >= 15 is 0 Å². The molecule has 3 aromatic rings. The van der Waals surface area contributed by atoms with E-state index in [-0.39, 0.29) is 0 Å². The molecule has 0 amide bonds. The van der Waals surface area contributed by atoms with Crippen LogP contribution in [0.15, 0.2) is 45.3 Å². The second-order valence-corrected chi connectivity index (χ2v) is 6.99. The van der Waals surface area contributed by atoms with Gasteiger partial charge in [-0.3, -0.25) is 4.57 Å². The van der Waals surface area contributed by atoms with Gasteiger partial charge in [0.25, 0.3) is 0 Å². The zero-order chi connectivity index (χ0) is 15.1. The lowest BCUT2D eigenvalue weighted by Crippen LogP contribution is -2.04. The summed E-state index contributed by atoms with van der Waals surface area (Å²) in [5.74, 6) is 1.32. The summed E-state index contributed by atoms with van der Waals surface area (Å²) in [6, 6.07) is 11.9. The second kappa shape index (κ2) is 5.46. The lowest BCUT2D eigenvalue weighted by Gasteiger charge is -2.15. The summed E-state index contributed by atoms with van der Waals surface area (Å²) < 4.78 is 4.23. The Morgan fingerprint density at radius 1 is 1.10 bits per heavy atom. The highest BCUT2D eigenvalue weighted by molar-refractivity contribution is 9.11.